The van der Waals surface area contributed by atoms with E-state index in [1.807, 2.05) is 23.2 Å². The van der Waals surface area contributed by atoms with Gasteiger partial charge in [0, 0.05) is 68.3 Å². The van der Waals surface area contributed by atoms with Crippen molar-refractivity contribution in [3.05, 3.63) is 36.0 Å². The molecule has 30 heavy (non-hydrogen) atoms. The van der Waals surface area contributed by atoms with Crippen LogP contribution in [0.15, 0.2) is 30.5 Å². The molecule has 1 aromatic heterocycles. The number of para-hydroxylation sites is 1. The van der Waals surface area contributed by atoms with Crippen LogP contribution in [-0.2, 0) is 21.2 Å². The Morgan fingerprint density at radius 2 is 1.87 bits per heavy atom. The predicted molar refractivity (Wildman–Crippen MR) is 119 cm³/mol. The van der Waals surface area contributed by atoms with Gasteiger partial charge in [-0.2, -0.15) is 0 Å². The lowest BCUT2D eigenvalue weighted by Crippen LogP contribution is -2.59. The molecule has 0 unspecified atom stereocenters. The second-order valence-electron chi connectivity index (χ2n) is 8.65. The number of amides is 1. The summed E-state index contributed by atoms with van der Waals surface area (Å²) in [7, 11) is -3.15. The lowest BCUT2D eigenvalue weighted by atomic mass is 9.92. The first-order chi connectivity index (χ1) is 14.3. The average Bonchev–Trinajstić information content (AvgIpc) is 3.37. The minimum Gasteiger partial charge on any atom is -0.361 e. The molecule has 1 amide bonds. The number of benzene rings is 1. The lowest BCUT2D eigenvalue weighted by molar-refractivity contribution is -0.133. The summed E-state index contributed by atoms with van der Waals surface area (Å²) in [6.07, 6.45) is 6.35. The average molecular weight is 433 g/mol. The fourth-order valence-electron chi connectivity index (χ4n) is 5.04. The number of piperazine rings is 1. The summed E-state index contributed by atoms with van der Waals surface area (Å²) >= 11 is 0. The molecule has 1 atom stereocenters. The van der Waals surface area contributed by atoms with Crippen molar-refractivity contribution in [2.75, 3.05) is 45.5 Å². The summed E-state index contributed by atoms with van der Waals surface area (Å²) in [6, 6.07) is 8.18. The number of aryl methyl sites for hydroxylation is 1. The molecule has 0 saturated carbocycles. The van der Waals surface area contributed by atoms with Gasteiger partial charge in [0.25, 0.3) is 0 Å². The SMILES string of the molecule is CC[C@]1(N2CCN(C(=O)CCc3c[nH]c4ccccc34)CC2)CCN(S(C)(=O)=O)C1. The molecule has 1 aromatic carbocycles. The third-order valence-corrected chi connectivity index (χ3v) is 8.26. The number of aromatic amines is 1. The van der Waals surface area contributed by atoms with Crippen LogP contribution in [0.5, 0.6) is 0 Å². The first kappa shape index (κ1) is 21.3. The van der Waals surface area contributed by atoms with Gasteiger partial charge in [-0.1, -0.05) is 25.1 Å². The molecule has 0 bridgehead atoms. The Hall–Kier alpha value is -1.90. The normalized spacial score (nSPS) is 24.0. The van der Waals surface area contributed by atoms with Crippen LogP contribution in [0.25, 0.3) is 10.9 Å². The molecule has 1 N–H and O–H groups in total. The van der Waals surface area contributed by atoms with Crippen molar-refractivity contribution in [2.45, 2.75) is 38.1 Å². The number of sulfonamides is 1. The minimum absolute atomic E-state index is 0.0950. The maximum Gasteiger partial charge on any atom is 0.222 e. The Kier molecular flexibility index (Phi) is 5.92. The second kappa shape index (κ2) is 8.32. The van der Waals surface area contributed by atoms with Gasteiger partial charge in [-0.05, 0) is 30.9 Å². The molecule has 2 saturated heterocycles. The van der Waals surface area contributed by atoms with Crippen LogP contribution in [0.1, 0.15) is 31.7 Å². The second-order valence-corrected chi connectivity index (χ2v) is 10.6. The summed E-state index contributed by atoms with van der Waals surface area (Å²) in [5, 5.41) is 1.19. The zero-order valence-corrected chi connectivity index (χ0v) is 18.7. The Labute approximate surface area is 179 Å². The molecule has 0 aliphatic carbocycles. The largest absolute Gasteiger partial charge is 0.361 e. The van der Waals surface area contributed by atoms with Crippen molar-refractivity contribution >= 4 is 26.8 Å². The van der Waals surface area contributed by atoms with Crippen LogP contribution in [0, 0.1) is 0 Å². The van der Waals surface area contributed by atoms with Crippen LogP contribution in [0.3, 0.4) is 0 Å². The van der Waals surface area contributed by atoms with E-state index in [4.69, 9.17) is 0 Å². The molecule has 0 radical (unpaired) electrons. The van der Waals surface area contributed by atoms with Gasteiger partial charge < -0.3 is 9.88 Å². The van der Waals surface area contributed by atoms with Crippen molar-refractivity contribution < 1.29 is 13.2 Å². The van der Waals surface area contributed by atoms with Crippen LogP contribution in [0.2, 0.25) is 0 Å². The molecule has 8 heteroatoms. The number of fused-ring (bicyclic) bond motifs is 1. The van der Waals surface area contributed by atoms with E-state index in [0.29, 0.717) is 32.6 Å². The molecule has 4 rings (SSSR count). The van der Waals surface area contributed by atoms with Crippen molar-refractivity contribution in [2.24, 2.45) is 0 Å². The summed E-state index contributed by atoms with van der Waals surface area (Å²) in [4.78, 5) is 20.5. The quantitative estimate of drug-likeness (QED) is 0.758. The molecule has 2 fully saturated rings. The van der Waals surface area contributed by atoms with Gasteiger partial charge in [0.15, 0.2) is 0 Å². The number of rotatable bonds is 6. The Balaban J connectivity index is 1.32. The lowest BCUT2D eigenvalue weighted by Gasteiger charge is -2.45. The number of nitrogens with zero attached hydrogens (tertiary/aromatic N) is 3. The van der Waals surface area contributed by atoms with E-state index in [9.17, 15) is 13.2 Å². The summed E-state index contributed by atoms with van der Waals surface area (Å²) < 4.78 is 25.5. The van der Waals surface area contributed by atoms with Gasteiger partial charge in [0.2, 0.25) is 15.9 Å². The molecule has 2 aromatic rings. The van der Waals surface area contributed by atoms with Gasteiger partial charge >= 0.3 is 0 Å². The number of hydrogen-bond acceptors (Lipinski definition) is 4. The topological polar surface area (TPSA) is 76.7 Å². The molecule has 7 nitrogen and oxygen atoms in total. The van der Waals surface area contributed by atoms with Gasteiger partial charge in [-0.3, -0.25) is 9.69 Å². The predicted octanol–water partition coefficient (Wildman–Crippen LogP) is 2.06. The highest BCUT2D eigenvalue weighted by molar-refractivity contribution is 7.88. The van der Waals surface area contributed by atoms with Crippen molar-refractivity contribution in [3.8, 4) is 0 Å². The van der Waals surface area contributed by atoms with Gasteiger partial charge in [-0.25, -0.2) is 12.7 Å². The first-order valence-electron chi connectivity index (χ1n) is 10.9. The summed E-state index contributed by atoms with van der Waals surface area (Å²) in [5.74, 6) is 0.203. The van der Waals surface area contributed by atoms with Gasteiger partial charge in [-0.15, -0.1) is 0 Å². The van der Waals surface area contributed by atoms with E-state index in [0.717, 1.165) is 37.9 Å². The van der Waals surface area contributed by atoms with E-state index >= 15 is 0 Å². The molecular formula is C22H32N4O3S. The zero-order chi connectivity index (χ0) is 21.4. The maximum absolute atomic E-state index is 12.8. The van der Waals surface area contributed by atoms with E-state index < -0.39 is 10.0 Å². The van der Waals surface area contributed by atoms with E-state index in [-0.39, 0.29) is 11.4 Å². The van der Waals surface area contributed by atoms with Crippen molar-refractivity contribution in [1.82, 2.24) is 19.1 Å². The number of nitrogens with one attached hydrogen (secondary N) is 1. The fourth-order valence-corrected chi connectivity index (χ4v) is 5.94. The molecule has 3 heterocycles. The number of hydrogen-bond donors (Lipinski definition) is 1. The third-order valence-electron chi connectivity index (χ3n) is 7.01. The molecule has 164 valence electrons. The first-order valence-corrected chi connectivity index (χ1v) is 12.7. The van der Waals surface area contributed by atoms with E-state index in [1.165, 1.54) is 17.2 Å². The number of aromatic nitrogens is 1. The highest BCUT2D eigenvalue weighted by Crippen LogP contribution is 2.33. The Bertz CT molecular complexity index is 1010. The molecular weight excluding hydrogens is 400 g/mol. The fraction of sp³-hybridized carbons (Fsp3) is 0.591. The summed E-state index contributed by atoms with van der Waals surface area (Å²) in [5.41, 5.74) is 2.20. The van der Waals surface area contributed by atoms with Crippen molar-refractivity contribution in [1.29, 1.82) is 0 Å². The number of carbonyl (C=O) groups is 1. The number of H-pyrrole nitrogens is 1. The smallest absolute Gasteiger partial charge is 0.222 e. The monoisotopic (exact) mass is 432 g/mol. The highest BCUT2D eigenvalue weighted by atomic mass is 32.2. The van der Waals surface area contributed by atoms with E-state index in [1.54, 1.807) is 4.31 Å². The minimum atomic E-state index is -3.15. The van der Waals surface area contributed by atoms with Crippen LogP contribution in [-0.4, -0.2) is 84.5 Å². The molecule has 2 aliphatic rings. The molecule has 2 aliphatic heterocycles. The van der Waals surface area contributed by atoms with Gasteiger partial charge in [0.1, 0.15) is 0 Å². The standard InChI is InChI=1S/C22H32N4O3S/c1-3-22(10-11-26(17-22)30(2,28)29)25-14-12-24(13-15-25)21(27)9-8-18-16-23-20-7-5-4-6-19(18)20/h4-7,16,23H,3,8-15,17H2,1-2H3/t22-/m0/s1. The summed E-state index contributed by atoms with van der Waals surface area (Å²) in [6.45, 7) is 6.35. The maximum atomic E-state index is 12.8. The Morgan fingerprint density at radius 1 is 1.13 bits per heavy atom. The van der Waals surface area contributed by atoms with Crippen LogP contribution in [0.4, 0.5) is 0 Å². The Morgan fingerprint density at radius 3 is 2.53 bits per heavy atom. The van der Waals surface area contributed by atoms with Gasteiger partial charge in [0.05, 0.1) is 6.26 Å². The highest BCUT2D eigenvalue weighted by Gasteiger charge is 2.45. The van der Waals surface area contributed by atoms with Crippen molar-refractivity contribution in [3.63, 3.8) is 0 Å². The van der Waals surface area contributed by atoms with Crippen LogP contribution < -0.4 is 0 Å². The van der Waals surface area contributed by atoms with E-state index in [2.05, 4.69) is 28.9 Å². The molecule has 0 spiro atoms. The zero-order valence-electron chi connectivity index (χ0n) is 17.9. The number of carbonyl (C=O) groups excluding carboxylic acids is 1. The van der Waals surface area contributed by atoms with Crippen LogP contribution >= 0.6 is 0 Å². The third kappa shape index (κ3) is 4.13.